The monoisotopic (exact) mass is 424 g/mol. The number of benzene rings is 1. The summed E-state index contributed by atoms with van der Waals surface area (Å²) in [5, 5.41) is 39.3. The van der Waals surface area contributed by atoms with Crippen LogP contribution in [0.5, 0.6) is 0 Å². The molecule has 0 aliphatic heterocycles. The van der Waals surface area contributed by atoms with Crippen LogP contribution in [0.4, 0.5) is 8.78 Å². The largest absolute Gasteiger partial charge is 0.481 e. The number of unbranched alkanes of at least 4 members (excludes halogenated alkanes) is 3. The lowest BCUT2D eigenvalue weighted by Gasteiger charge is -2.24. The first-order chi connectivity index (χ1) is 14.3. The Balaban J connectivity index is 1.80. The van der Waals surface area contributed by atoms with Crippen LogP contribution in [-0.2, 0) is 4.79 Å². The first kappa shape index (κ1) is 24.3. The van der Waals surface area contributed by atoms with Crippen molar-refractivity contribution in [3.8, 4) is 11.8 Å². The van der Waals surface area contributed by atoms with Gasteiger partial charge in [0.05, 0.1) is 12.2 Å². The van der Waals surface area contributed by atoms with Crippen molar-refractivity contribution in [3.05, 3.63) is 35.4 Å². The summed E-state index contributed by atoms with van der Waals surface area (Å²) < 4.78 is 26.1. The van der Waals surface area contributed by atoms with Gasteiger partial charge in [-0.25, -0.2) is 8.78 Å². The summed E-state index contributed by atoms with van der Waals surface area (Å²) in [6.07, 6.45) is 3.00. The van der Waals surface area contributed by atoms with Crippen LogP contribution in [0.3, 0.4) is 0 Å². The molecule has 1 aromatic carbocycles. The summed E-state index contributed by atoms with van der Waals surface area (Å²) in [6, 6.07) is 3.29. The number of halogens is 2. The van der Waals surface area contributed by atoms with Crippen LogP contribution >= 0.6 is 0 Å². The number of carboxylic acid groups (broad SMARTS) is 1. The topological polar surface area (TPSA) is 98.0 Å². The van der Waals surface area contributed by atoms with Gasteiger partial charge >= 0.3 is 5.97 Å². The van der Waals surface area contributed by atoms with Gasteiger partial charge in [-0.2, -0.15) is 0 Å². The lowest BCUT2D eigenvalue weighted by atomic mass is 9.85. The van der Waals surface area contributed by atoms with Gasteiger partial charge in [0, 0.05) is 12.0 Å². The van der Waals surface area contributed by atoms with E-state index in [1.54, 1.807) is 0 Å². The Labute approximate surface area is 175 Å². The minimum atomic E-state index is -0.995. The highest BCUT2D eigenvalue weighted by atomic mass is 19.2. The predicted molar refractivity (Wildman–Crippen MR) is 107 cm³/mol. The molecular formula is C23H30F2O5. The van der Waals surface area contributed by atoms with Crippen molar-refractivity contribution < 1.29 is 34.0 Å². The Morgan fingerprint density at radius 3 is 2.37 bits per heavy atom. The Morgan fingerprint density at radius 1 is 1.03 bits per heavy atom. The summed E-state index contributed by atoms with van der Waals surface area (Å²) in [6.45, 7) is 0. The van der Waals surface area contributed by atoms with E-state index in [-0.39, 0.29) is 23.8 Å². The zero-order valence-corrected chi connectivity index (χ0v) is 16.9. The normalized spacial score (nSPS) is 24.3. The molecule has 0 heterocycles. The van der Waals surface area contributed by atoms with Gasteiger partial charge in [-0.3, -0.25) is 4.79 Å². The van der Waals surface area contributed by atoms with Crippen molar-refractivity contribution in [2.45, 2.75) is 76.1 Å². The van der Waals surface area contributed by atoms with Crippen molar-refractivity contribution in [3.63, 3.8) is 0 Å². The fourth-order valence-electron chi connectivity index (χ4n) is 4.15. The fourth-order valence-corrected chi connectivity index (χ4v) is 4.15. The maximum Gasteiger partial charge on any atom is 0.303 e. The molecule has 0 spiro atoms. The van der Waals surface area contributed by atoms with Crippen LogP contribution in [0, 0.1) is 35.3 Å². The van der Waals surface area contributed by atoms with E-state index in [0.717, 1.165) is 37.8 Å². The highest BCUT2D eigenvalue weighted by Crippen LogP contribution is 2.39. The van der Waals surface area contributed by atoms with Gasteiger partial charge in [-0.05, 0) is 62.1 Å². The lowest BCUT2D eigenvalue weighted by Crippen LogP contribution is -2.23. The third-order valence-corrected chi connectivity index (χ3v) is 5.78. The third kappa shape index (κ3) is 7.67. The number of aliphatic carboxylic acids is 1. The van der Waals surface area contributed by atoms with Crippen LogP contribution < -0.4 is 0 Å². The average Bonchev–Trinajstić information content (AvgIpc) is 2.96. The van der Waals surface area contributed by atoms with Gasteiger partial charge in [0.15, 0.2) is 11.6 Å². The lowest BCUT2D eigenvalue weighted by molar-refractivity contribution is -0.137. The molecule has 1 fully saturated rings. The Morgan fingerprint density at radius 2 is 1.70 bits per heavy atom. The molecule has 0 bridgehead atoms. The van der Waals surface area contributed by atoms with Gasteiger partial charge in [0.2, 0.25) is 0 Å². The molecule has 30 heavy (non-hydrogen) atoms. The highest BCUT2D eigenvalue weighted by Gasteiger charge is 2.40. The number of hydrogen-bond donors (Lipinski definition) is 4. The van der Waals surface area contributed by atoms with E-state index in [0.29, 0.717) is 25.7 Å². The minimum Gasteiger partial charge on any atom is -0.481 e. The molecule has 5 atom stereocenters. The van der Waals surface area contributed by atoms with Crippen molar-refractivity contribution in [2.24, 2.45) is 11.8 Å². The highest BCUT2D eigenvalue weighted by molar-refractivity contribution is 5.66. The molecule has 0 saturated heterocycles. The van der Waals surface area contributed by atoms with E-state index in [2.05, 4.69) is 11.8 Å². The molecule has 1 aliphatic carbocycles. The Hall–Kier alpha value is -2.01. The zero-order valence-electron chi connectivity index (χ0n) is 16.9. The summed E-state index contributed by atoms with van der Waals surface area (Å²) in [4.78, 5) is 10.5. The number of hydrogen-bond acceptors (Lipinski definition) is 4. The minimum absolute atomic E-state index is 0.0640. The van der Waals surface area contributed by atoms with Crippen LogP contribution in [0.15, 0.2) is 18.2 Å². The number of aliphatic hydroxyl groups is 3. The first-order valence-electron chi connectivity index (χ1n) is 10.5. The second kappa shape index (κ2) is 12.0. The van der Waals surface area contributed by atoms with Crippen LogP contribution in [0.1, 0.15) is 63.4 Å². The third-order valence-electron chi connectivity index (χ3n) is 5.78. The number of rotatable bonds is 10. The van der Waals surface area contributed by atoms with Gasteiger partial charge in [0.25, 0.3) is 0 Å². The van der Waals surface area contributed by atoms with Crippen LogP contribution in [-0.4, -0.2) is 44.7 Å². The molecule has 1 aliphatic rings. The van der Waals surface area contributed by atoms with E-state index in [9.17, 15) is 28.9 Å². The van der Waals surface area contributed by atoms with Crippen molar-refractivity contribution >= 4 is 5.97 Å². The molecule has 0 radical (unpaired) electrons. The maximum absolute atomic E-state index is 13.2. The van der Waals surface area contributed by atoms with Crippen molar-refractivity contribution in [2.75, 3.05) is 0 Å². The molecule has 0 aromatic heterocycles. The van der Waals surface area contributed by atoms with E-state index in [4.69, 9.17) is 5.11 Å². The van der Waals surface area contributed by atoms with Crippen LogP contribution in [0.25, 0.3) is 0 Å². The molecule has 5 nitrogen and oxygen atoms in total. The number of carboxylic acids is 1. The Bertz CT molecular complexity index is 758. The quantitative estimate of drug-likeness (QED) is 0.342. The molecule has 166 valence electrons. The van der Waals surface area contributed by atoms with E-state index in [1.807, 2.05) is 0 Å². The summed E-state index contributed by atoms with van der Waals surface area (Å²) in [7, 11) is 0. The second-order valence-electron chi connectivity index (χ2n) is 8.04. The Kier molecular flexibility index (Phi) is 9.70. The van der Waals surface area contributed by atoms with Crippen LogP contribution in [0.2, 0.25) is 0 Å². The SMILES string of the molecule is O=C(O)CCCCCC[C@@H]1C(CCC(O)C#Cc2ccc(F)c(F)c2)[C@H](O)C[C@@H]1O. The number of carbonyl (C=O) groups is 1. The molecule has 7 heteroatoms. The molecule has 2 unspecified atom stereocenters. The standard InChI is InChI=1S/C23H30F2O5/c24-19-12-8-15(13-20(19)25)7-9-16(26)10-11-18-17(21(27)14-22(18)28)5-3-1-2-4-6-23(29)30/h8,12-13,16-18,21-22,26-28H,1-6,10-11,14H2,(H,29,30)/t16?,17-,18?,21+,22-/m1/s1. The number of aliphatic hydroxyl groups excluding tert-OH is 3. The van der Waals surface area contributed by atoms with E-state index < -0.39 is 35.9 Å². The summed E-state index contributed by atoms with van der Waals surface area (Å²) >= 11 is 0. The summed E-state index contributed by atoms with van der Waals surface area (Å²) in [5.74, 6) is 2.28. The van der Waals surface area contributed by atoms with Crippen molar-refractivity contribution in [1.29, 1.82) is 0 Å². The smallest absolute Gasteiger partial charge is 0.303 e. The van der Waals surface area contributed by atoms with E-state index in [1.165, 1.54) is 6.07 Å². The van der Waals surface area contributed by atoms with Gasteiger partial charge in [0.1, 0.15) is 6.10 Å². The summed E-state index contributed by atoms with van der Waals surface area (Å²) in [5.41, 5.74) is 0.269. The molecule has 0 amide bonds. The van der Waals surface area contributed by atoms with Gasteiger partial charge < -0.3 is 20.4 Å². The van der Waals surface area contributed by atoms with Crippen molar-refractivity contribution in [1.82, 2.24) is 0 Å². The second-order valence-corrected chi connectivity index (χ2v) is 8.04. The molecule has 1 saturated carbocycles. The first-order valence-corrected chi connectivity index (χ1v) is 10.5. The maximum atomic E-state index is 13.2. The van der Waals surface area contributed by atoms with Gasteiger partial charge in [-0.15, -0.1) is 0 Å². The fraction of sp³-hybridized carbons (Fsp3) is 0.609. The predicted octanol–water partition coefficient (Wildman–Crippen LogP) is 3.24. The molecule has 2 rings (SSSR count). The molecular weight excluding hydrogens is 394 g/mol. The van der Waals surface area contributed by atoms with E-state index >= 15 is 0 Å². The molecule has 1 aromatic rings. The average molecular weight is 424 g/mol. The molecule has 4 N–H and O–H groups in total. The van der Waals surface area contributed by atoms with Gasteiger partial charge in [-0.1, -0.05) is 31.1 Å². The zero-order chi connectivity index (χ0) is 22.1.